The standard InChI is InChI=1S/C10H18O5/c1-2-4-7(11)5-3-6-8(9(12)13)10(14)15/h7-8,11H,2-6H2,1H3,(H,12,13)(H,14,15). The van der Waals surface area contributed by atoms with Crippen molar-refractivity contribution >= 4 is 11.9 Å². The van der Waals surface area contributed by atoms with Crippen LogP contribution in [0.4, 0.5) is 0 Å². The summed E-state index contributed by atoms with van der Waals surface area (Å²) in [5.74, 6) is -3.97. The van der Waals surface area contributed by atoms with Gasteiger partial charge in [-0.05, 0) is 25.7 Å². The Balaban J connectivity index is 3.81. The Kier molecular flexibility index (Phi) is 6.70. The van der Waals surface area contributed by atoms with Gasteiger partial charge in [-0.1, -0.05) is 13.3 Å². The number of hydrogen-bond acceptors (Lipinski definition) is 3. The fourth-order valence-corrected chi connectivity index (χ4v) is 1.39. The van der Waals surface area contributed by atoms with Crippen molar-refractivity contribution in [3.63, 3.8) is 0 Å². The van der Waals surface area contributed by atoms with Crippen LogP contribution in [0.5, 0.6) is 0 Å². The van der Waals surface area contributed by atoms with Gasteiger partial charge in [0.2, 0.25) is 0 Å². The minimum absolute atomic E-state index is 0.0748. The van der Waals surface area contributed by atoms with Gasteiger partial charge in [-0.2, -0.15) is 0 Å². The molecule has 1 atom stereocenters. The van der Waals surface area contributed by atoms with Gasteiger partial charge in [0.15, 0.2) is 5.92 Å². The molecule has 0 aromatic carbocycles. The minimum Gasteiger partial charge on any atom is -0.481 e. The highest BCUT2D eigenvalue weighted by molar-refractivity contribution is 5.92. The first-order chi connectivity index (χ1) is 6.99. The predicted molar refractivity (Wildman–Crippen MR) is 53.5 cm³/mol. The second-order valence-corrected chi connectivity index (χ2v) is 3.60. The monoisotopic (exact) mass is 218 g/mol. The Morgan fingerprint density at radius 2 is 1.60 bits per heavy atom. The van der Waals surface area contributed by atoms with E-state index in [0.717, 1.165) is 6.42 Å². The van der Waals surface area contributed by atoms with E-state index in [4.69, 9.17) is 10.2 Å². The van der Waals surface area contributed by atoms with E-state index in [0.29, 0.717) is 19.3 Å². The van der Waals surface area contributed by atoms with Crippen LogP contribution in [-0.2, 0) is 9.59 Å². The maximum Gasteiger partial charge on any atom is 0.317 e. The molecule has 0 spiro atoms. The van der Waals surface area contributed by atoms with E-state index in [2.05, 4.69) is 0 Å². The second kappa shape index (κ2) is 7.23. The molecular weight excluding hydrogens is 200 g/mol. The van der Waals surface area contributed by atoms with Crippen molar-refractivity contribution in [3.05, 3.63) is 0 Å². The zero-order valence-corrected chi connectivity index (χ0v) is 8.85. The SMILES string of the molecule is CCCC(O)CCCC(C(=O)O)C(=O)O. The van der Waals surface area contributed by atoms with Gasteiger partial charge in [0, 0.05) is 0 Å². The number of carbonyl (C=O) groups is 2. The second-order valence-electron chi connectivity index (χ2n) is 3.60. The topological polar surface area (TPSA) is 94.8 Å². The molecule has 5 heteroatoms. The minimum atomic E-state index is -1.35. The molecular formula is C10H18O5. The zero-order valence-electron chi connectivity index (χ0n) is 8.85. The lowest BCUT2D eigenvalue weighted by Gasteiger charge is -2.10. The average Bonchev–Trinajstić information content (AvgIpc) is 2.11. The molecule has 0 radical (unpaired) electrons. The average molecular weight is 218 g/mol. The molecule has 0 saturated heterocycles. The van der Waals surface area contributed by atoms with E-state index in [9.17, 15) is 14.7 Å². The van der Waals surface area contributed by atoms with Gasteiger partial charge in [-0.25, -0.2) is 0 Å². The lowest BCUT2D eigenvalue weighted by atomic mass is 9.99. The van der Waals surface area contributed by atoms with Crippen molar-refractivity contribution in [1.29, 1.82) is 0 Å². The zero-order chi connectivity index (χ0) is 11.8. The molecule has 0 aliphatic carbocycles. The van der Waals surface area contributed by atoms with Gasteiger partial charge < -0.3 is 15.3 Å². The summed E-state index contributed by atoms with van der Waals surface area (Å²) in [4.78, 5) is 21.0. The van der Waals surface area contributed by atoms with Crippen molar-refractivity contribution in [2.75, 3.05) is 0 Å². The van der Waals surface area contributed by atoms with Crippen molar-refractivity contribution in [1.82, 2.24) is 0 Å². The highest BCUT2D eigenvalue weighted by atomic mass is 16.4. The molecule has 0 aliphatic heterocycles. The summed E-state index contributed by atoms with van der Waals surface area (Å²) in [6.07, 6.45) is 2.05. The molecule has 5 nitrogen and oxygen atoms in total. The van der Waals surface area contributed by atoms with Crippen LogP contribution in [0.15, 0.2) is 0 Å². The van der Waals surface area contributed by atoms with Crippen LogP contribution >= 0.6 is 0 Å². The molecule has 1 unspecified atom stereocenters. The van der Waals surface area contributed by atoms with Crippen molar-refractivity contribution in [2.45, 2.75) is 45.1 Å². The fraction of sp³-hybridized carbons (Fsp3) is 0.800. The van der Waals surface area contributed by atoms with Crippen molar-refractivity contribution < 1.29 is 24.9 Å². The van der Waals surface area contributed by atoms with Crippen LogP contribution in [0.1, 0.15) is 39.0 Å². The number of aliphatic carboxylic acids is 2. The largest absolute Gasteiger partial charge is 0.481 e. The molecule has 0 rings (SSSR count). The number of rotatable bonds is 8. The molecule has 0 heterocycles. The van der Waals surface area contributed by atoms with Crippen LogP contribution in [-0.4, -0.2) is 33.4 Å². The van der Waals surface area contributed by atoms with Crippen LogP contribution in [0.2, 0.25) is 0 Å². The third kappa shape index (κ3) is 6.06. The number of carboxylic acid groups (broad SMARTS) is 2. The summed E-state index contributed by atoms with van der Waals surface area (Å²) in [7, 11) is 0. The highest BCUT2D eigenvalue weighted by Crippen LogP contribution is 2.12. The van der Waals surface area contributed by atoms with E-state index in [1.807, 2.05) is 6.92 Å². The number of carboxylic acids is 2. The van der Waals surface area contributed by atoms with Gasteiger partial charge in [-0.15, -0.1) is 0 Å². The van der Waals surface area contributed by atoms with E-state index >= 15 is 0 Å². The van der Waals surface area contributed by atoms with Gasteiger partial charge in [-0.3, -0.25) is 9.59 Å². The normalized spacial score (nSPS) is 12.7. The first-order valence-electron chi connectivity index (χ1n) is 5.12. The Morgan fingerprint density at radius 1 is 1.07 bits per heavy atom. The third-order valence-electron chi connectivity index (χ3n) is 2.25. The summed E-state index contributed by atoms with van der Waals surface area (Å²) in [5, 5.41) is 26.5. The summed E-state index contributed by atoms with van der Waals surface area (Å²) in [6.45, 7) is 1.94. The molecule has 0 amide bonds. The highest BCUT2D eigenvalue weighted by Gasteiger charge is 2.25. The van der Waals surface area contributed by atoms with E-state index in [1.54, 1.807) is 0 Å². The lowest BCUT2D eigenvalue weighted by molar-refractivity contribution is -0.154. The first-order valence-corrected chi connectivity index (χ1v) is 5.12. The molecule has 0 aliphatic rings. The van der Waals surface area contributed by atoms with Gasteiger partial charge in [0.1, 0.15) is 0 Å². The van der Waals surface area contributed by atoms with Crippen LogP contribution in [0.3, 0.4) is 0 Å². The van der Waals surface area contributed by atoms with Crippen LogP contribution in [0.25, 0.3) is 0 Å². The molecule has 15 heavy (non-hydrogen) atoms. The third-order valence-corrected chi connectivity index (χ3v) is 2.25. The predicted octanol–water partition coefficient (Wildman–Crippen LogP) is 1.10. The van der Waals surface area contributed by atoms with Crippen LogP contribution in [0, 0.1) is 5.92 Å². The lowest BCUT2D eigenvalue weighted by Crippen LogP contribution is -2.23. The van der Waals surface area contributed by atoms with Gasteiger partial charge in [0.25, 0.3) is 0 Å². The van der Waals surface area contributed by atoms with Crippen LogP contribution < -0.4 is 0 Å². The quantitative estimate of drug-likeness (QED) is 0.530. The molecule has 0 fully saturated rings. The molecule has 0 saturated carbocycles. The Hall–Kier alpha value is -1.10. The summed E-state index contributed by atoms with van der Waals surface area (Å²) >= 11 is 0. The van der Waals surface area contributed by atoms with Gasteiger partial charge >= 0.3 is 11.9 Å². The van der Waals surface area contributed by atoms with E-state index < -0.39 is 24.0 Å². The smallest absolute Gasteiger partial charge is 0.317 e. The summed E-state index contributed by atoms with van der Waals surface area (Å²) < 4.78 is 0. The summed E-state index contributed by atoms with van der Waals surface area (Å²) in [6, 6.07) is 0. The maximum atomic E-state index is 10.5. The van der Waals surface area contributed by atoms with E-state index in [1.165, 1.54) is 0 Å². The van der Waals surface area contributed by atoms with Crippen molar-refractivity contribution in [2.24, 2.45) is 5.92 Å². The molecule has 88 valence electrons. The van der Waals surface area contributed by atoms with Crippen molar-refractivity contribution in [3.8, 4) is 0 Å². The first kappa shape index (κ1) is 13.9. The molecule has 0 aromatic heterocycles. The maximum absolute atomic E-state index is 10.5. The number of hydrogen-bond donors (Lipinski definition) is 3. The number of aliphatic hydroxyl groups excluding tert-OH is 1. The fourth-order valence-electron chi connectivity index (χ4n) is 1.39. The molecule has 0 bridgehead atoms. The Morgan fingerprint density at radius 3 is 2.00 bits per heavy atom. The Bertz CT molecular complexity index is 200. The summed E-state index contributed by atoms with van der Waals surface area (Å²) in [5.41, 5.74) is 0. The molecule has 0 aromatic rings. The van der Waals surface area contributed by atoms with E-state index in [-0.39, 0.29) is 6.42 Å². The molecule has 3 N–H and O–H groups in total. The van der Waals surface area contributed by atoms with Gasteiger partial charge in [0.05, 0.1) is 6.10 Å². The number of aliphatic hydroxyl groups is 1. The Labute approximate surface area is 88.7 Å².